The third-order valence-corrected chi connectivity index (χ3v) is 2.79. The van der Waals surface area contributed by atoms with Crippen LogP contribution in [0, 0.1) is 0 Å². The topological polar surface area (TPSA) is 55.7 Å². The van der Waals surface area contributed by atoms with Gasteiger partial charge in [0, 0.05) is 23.8 Å². The summed E-state index contributed by atoms with van der Waals surface area (Å²) >= 11 is 1.51. The molecule has 1 heterocycles. The second-order valence-electron chi connectivity index (χ2n) is 2.88. The highest BCUT2D eigenvalue weighted by atomic mass is 32.1. The van der Waals surface area contributed by atoms with E-state index >= 15 is 0 Å². The quantitative estimate of drug-likeness (QED) is 0.519. The van der Waals surface area contributed by atoms with E-state index in [1.807, 2.05) is 5.38 Å². The lowest BCUT2D eigenvalue weighted by atomic mass is 10.2. The molecule has 0 spiro atoms. The molecule has 0 N–H and O–H groups in total. The third kappa shape index (κ3) is 1.46. The molecule has 0 saturated heterocycles. The van der Waals surface area contributed by atoms with E-state index in [0.717, 1.165) is 4.88 Å². The minimum atomic E-state index is -0.513. The Morgan fingerprint density at radius 2 is 2.43 bits per heavy atom. The number of hydrogen-bond donors (Lipinski definition) is 0. The maximum atomic E-state index is 11.6. The molecule has 72 valence electrons. The van der Waals surface area contributed by atoms with Crippen LogP contribution in [-0.4, -0.2) is 17.5 Å². The first-order chi connectivity index (χ1) is 6.68. The molecule has 1 aliphatic rings. The molecule has 0 amide bonds. The monoisotopic (exact) mass is 209 g/mol. The standard InChI is InChI=1S/C9H7NO3S/c1-5(11)13-10-7-4-8-6(9(7)12)2-3-14-8/h2-3H,4H2,1H3. The van der Waals surface area contributed by atoms with Crippen molar-refractivity contribution < 1.29 is 14.4 Å². The van der Waals surface area contributed by atoms with Gasteiger partial charge in [0.2, 0.25) is 5.78 Å². The Kier molecular flexibility index (Phi) is 2.17. The van der Waals surface area contributed by atoms with Crippen molar-refractivity contribution in [3.8, 4) is 0 Å². The van der Waals surface area contributed by atoms with Gasteiger partial charge in [0.25, 0.3) is 0 Å². The Hall–Kier alpha value is -1.49. The largest absolute Gasteiger partial charge is 0.331 e. The molecule has 0 bridgehead atoms. The first-order valence-electron chi connectivity index (χ1n) is 4.04. The molecular formula is C9H7NO3S. The van der Waals surface area contributed by atoms with Crippen LogP contribution in [0.2, 0.25) is 0 Å². The number of hydrogen-bond acceptors (Lipinski definition) is 5. The van der Waals surface area contributed by atoms with Gasteiger partial charge in [-0.2, -0.15) is 0 Å². The summed E-state index contributed by atoms with van der Waals surface area (Å²) in [5.41, 5.74) is 0.989. The van der Waals surface area contributed by atoms with Gasteiger partial charge in [-0.25, -0.2) is 4.79 Å². The molecule has 0 atom stereocenters. The smallest absolute Gasteiger partial charge is 0.318 e. The van der Waals surface area contributed by atoms with Crippen molar-refractivity contribution in [3.63, 3.8) is 0 Å². The molecule has 0 radical (unpaired) electrons. The predicted molar refractivity (Wildman–Crippen MR) is 51.6 cm³/mol. The van der Waals surface area contributed by atoms with Crippen LogP contribution in [0.1, 0.15) is 22.2 Å². The summed E-state index contributed by atoms with van der Waals surface area (Å²) in [5, 5.41) is 5.38. The lowest BCUT2D eigenvalue weighted by Crippen LogP contribution is -2.09. The Labute approximate surface area is 84.2 Å². The lowest BCUT2D eigenvalue weighted by molar-refractivity contribution is -0.140. The van der Waals surface area contributed by atoms with E-state index in [-0.39, 0.29) is 5.78 Å². The maximum Gasteiger partial charge on any atom is 0.331 e. The first-order valence-corrected chi connectivity index (χ1v) is 4.92. The van der Waals surface area contributed by atoms with Gasteiger partial charge in [0.1, 0.15) is 5.71 Å². The predicted octanol–water partition coefficient (Wildman–Crippen LogP) is 1.41. The zero-order chi connectivity index (χ0) is 10.1. The second kappa shape index (κ2) is 3.34. The minimum absolute atomic E-state index is 0.137. The minimum Gasteiger partial charge on any atom is -0.318 e. The number of carbonyl (C=O) groups is 2. The summed E-state index contributed by atoms with van der Waals surface area (Å²) in [4.78, 5) is 27.5. The normalized spacial score (nSPS) is 17.2. The molecular weight excluding hydrogens is 202 g/mol. The fourth-order valence-corrected chi connectivity index (χ4v) is 2.14. The van der Waals surface area contributed by atoms with Crippen LogP contribution in [0.4, 0.5) is 0 Å². The van der Waals surface area contributed by atoms with Crippen molar-refractivity contribution >= 4 is 28.8 Å². The van der Waals surface area contributed by atoms with E-state index in [1.165, 1.54) is 18.3 Å². The van der Waals surface area contributed by atoms with Crippen LogP contribution >= 0.6 is 11.3 Å². The van der Waals surface area contributed by atoms with Crippen LogP contribution in [-0.2, 0) is 16.1 Å². The second-order valence-corrected chi connectivity index (χ2v) is 3.88. The van der Waals surface area contributed by atoms with Crippen molar-refractivity contribution in [2.75, 3.05) is 0 Å². The van der Waals surface area contributed by atoms with Crippen molar-refractivity contribution in [3.05, 3.63) is 21.9 Å². The van der Waals surface area contributed by atoms with Crippen LogP contribution in [0.5, 0.6) is 0 Å². The van der Waals surface area contributed by atoms with Gasteiger partial charge >= 0.3 is 5.97 Å². The van der Waals surface area contributed by atoms with Crippen LogP contribution in [0.15, 0.2) is 16.6 Å². The molecule has 5 heteroatoms. The Morgan fingerprint density at radius 1 is 1.64 bits per heavy atom. The van der Waals surface area contributed by atoms with Gasteiger partial charge in [-0.05, 0) is 11.4 Å². The van der Waals surface area contributed by atoms with Crippen molar-refractivity contribution in [1.29, 1.82) is 0 Å². The molecule has 4 nitrogen and oxygen atoms in total. The number of fused-ring (bicyclic) bond motifs is 1. The van der Waals surface area contributed by atoms with E-state index in [1.54, 1.807) is 6.07 Å². The van der Waals surface area contributed by atoms with Gasteiger partial charge < -0.3 is 4.84 Å². The van der Waals surface area contributed by atoms with E-state index in [0.29, 0.717) is 17.7 Å². The molecule has 0 unspecified atom stereocenters. The molecule has 14 heavy (non-hydrogen) atoms. The van der Waals surface area contributed by atoms with Gasteiger partial charge in [-0.3, -0.25) is 4.79 Å². The highest BCUT2D eigenvalue weighted by Crippen LogP contribution is 2.25. The van der Waals surface area contributed by atoms with E-state index in [4.69, 9.17) is 0 Å². The SMILES string of the molecule is CC(=O)ON=C1Cc2sccc2C1=O. The Morgan fingerprint density at radius 3 is 3.07 bits per heavy atom. The van der Waals surface area contributed by atoms with E-state index in [9.17, 15) is 9.59 Å². The molecule has 2 rings (SSSR count). The summed E-state index contributed by atoms with van der Waals surface area (Å²) in [7, 11) is 0. The number of carbonyl (C=O) groups excluding carboxylic acids is 2. The van der Waals surface area contributed by atoms with E-state index in [2.05, 4.69) is 9.99 Å². The van der Waals surface area contributed by atoms with E-state index < -0.39 is 5.97 Å². The molecule has 0 saturated carbocycles. The first kappa shape index (κ1) is 9.08. The fourth-order valence-electron chi connectivity index (χ4n) is 1.26. The molecule has 1 aromatic heterocycles. The Balaban J connectivity index is 2.21. The lowest BCUT2D eigenvalue weighted by Gasteiger charge is -1.92. The maximum absolute atomic E-state index is 11.6. The van der Waals surface area contributed by atoms with Crippen LogP contribution in [0.25, 0.3) is 0 Å². The third-order valence-electron chi connectivity index (χ3n) is 1.86. The summed E-state index contributed by atoms with van der Waals surface area (Å²) in [6.45, 7) is 1.25. The average Bonchev–Trinajstić information content (AvgIpc) is 2.66. The Bertz CT molecular complexity index is 433. The molecule has 0 fully saturated rings. The molecule has 0 aliphatic heterocycles. The average molecular weight is 209 g/mol. The van der Waals surface area contributed by atoms with Gasteiger partial charge in [-0.1, -0.05) is 5.16 Å². The molecule has 1 aromatic rings. The number of oxime groups is 1. The number of rotatable bonds is 1. The summed E-state index contributed by atoms with van der Waals surface area (Å²) in [5.74, 6) is -0.650. The highest BCUT2D eigenvalue weighted by Gasteiger charge is 2.28. The van der Waals surface area contributed by atoms with Crippen LogP contribution in [0.3, 0.4) is 0 Å². The summed E-state index contributed by atoms with van der Waals surface area (Å²) in [6.07, 6.45) is 0.471. The summed E-state index contributed by atoms with van der Waals surface area (Å²) < 4.78 is 0. The number of Topliss-reactive ketones (excluding diaryl/α,β-unsaturated/α-hetero) is 1. The highest BCUT2D eigenvalue weighted by molar-refractivity contribution is 7.11. The fraction of sp³-hybridized carbons (Fsp3) is 0.222. The molecule has 1 aliphatic carbocycles. The van der Waals surface area contributed by atoms with Gasteiger partial charge in [0.05, 0.1) is 0 Å². The van der Waals surface area contributed by atoms with Crippen molar-refractivity contribution in [2.24, 2.45) is 5.16 Å². The number of thiophene rings is 1. The summed E-state index contributed by atoms with van der Waals surface area (Å²) in [6, 6.07) is 1.76. The number of nitrogens with zero attached hydrogens (tertiary/aromatic N) is 1. The number of ketones is 1. The van der Waals surface area contributed by atoms with Crippen molar-refractivity contribution in [2.45, 2.75) is 13.3 Å². The van der Waals surface area contributed by atoms with Crippen LogP contribution < -0.4 is 0 Å². The van der Waals surface area contributed by atoms with Gasteiger partial charge in [-0.15, -0.1) is 11.3 Å². The molecule has 0 aromatic carbocycles. The van der Waals surface area contributed by atoms with Gasteiger partial charge in [0.15, 0.2) is 0 Å². The zero-order valence-corrected chi connectivity index (χ0v) is 8.26. The zero-order valence-electron chi connectivity index (χ0n) is 7.44. The van der Waals surface area contributed by atoms with Crippen molar-refractivity contribution in [1.82, 2.24) is 0 Å².